The summed E-state index contributed by atoms with van der Waals surface area (Å²) in [7, 11) is 0. The summed E-state index contributed by atoms with van der Waals surface area (Å²) in [5.74, 6) is 0.843. The zero-order chi connectivity index (χ0) is 15.6. The number of rotatable bonds is 7. The van der Waals surface area contributed by atoms with Crippen molar-refractivity contribution in [2.45, 2.75) is 27.7 Å². The lowest BCUT2D eigenvalue weighted by atomic mass is 9.99. The summed E-state index contributed by atoms with van der Waals surface area (Å²) >= 11 is 9.75. The molecule has 0 N–H and O–H groups in total. The van der Waals surface area contributed by atoms with Gasteiger partial charge in [-0.05, 0) is 5.57 Å². The van der Waals surface area contributed by atoms with Gasteiger partial charge in [-0.1, -0.05) is 82.1 Å². The van der Waals surface area contributed by atoms with Gasteiger partial charge in [0.15, 0.2) is 5.78 Å². The highest BCUT2D eigenvalue weighted by Gasteiger charge is 2.18. The maximum atomic E-state index is 11.2. The number of alkyl halides is 3. The van der Waals surface area contributed by atoms with E-state index in [2.05, 4.69) is 54.4 Å². The van der Waals surface area contributed by atoms with E-state index in [0.29, 0.717) is 16.7 Å². The van der Waals surface area contributed by atoms with E-state index in [4.69, 9.17) is 0 Å². The highest BCUT2D eigenvalue weighted by atomic mass is 79.9. The van der Waals surface area contributed by atoms with Crippen molar-refractivity contribution in [1.29, 1.82) is 0 Å². The molecule has 112 valence electrons. The molecule has 0 aromatic rings. The minimum atomic E-state index is 0.0787. The van der Waals surface area contributed by atoms with Crippen LogP contribution in [0.1, 0.15) is 27.7 Å². The Morgan fingerprint density at radius 1 is 0.947 bits per heavy atom. The Morgan fingerprint density at radius 3 is 1.47 bits per heavy atom. The molecule has 0 rings (SSSR count). The number of hydrogen-bond acceptors (Lipinski definition) is 2. The fourth-order valence-electron chi connectivity index (χ4n) is 1.14. The summed E-state index contributed by atoms with van der Waals surface area (Å²) in [5.41, 5.74) is 0.657. The molecule has 0 unspecified atom stereocenters. The van der Waals surface area contributed by atoms with Crippen LogP contribution in [0.2, 0.25) is 0 Å². The largest absolute Gasteiger partial charge is 0.299 e. The fraction of sp³-hybridized carbons (Fsp3) is 0.714. The van der Waals surface area contributed by atoms with Crippen molar-refractivity contribution < 1.29 is 9.59 Å². The summed E-state index contributed by atoms with van der Waals surface area (Å²) in [4.78, 5) is 22.2. The SMILES string of the molecule is C=C(CBr)C(=O)C(C)C.CC(C)C(=O)C(CBr)CBr. The fourth-order valence-corrected chi connectivity index (χ4v) is 3.13. The van der Waals surface area contributed by atoms with E-state index < -0.39 is 0 Å². The second kappa shape index (κ2) is 12.3. The third-order valence-corrected chi connectivity index (χ3v) is 4.62. The van der Waals surface area contributed by atoms with E-state index in [1.54, 1.807) is 0 Å². The van der Waals surface area contributed by atoms with Crippen molar-refractivity contribution in [3.63, 3.8) is 0 Å². The molecular formula is C14H23Br3O2. The first kappa shape index (κ1) is 21.8. The number of carbonyl (C=O) groups is 2. The van der Waals surface area contributed by atoms with Crippen LogP contribution in [-0.4, -0.2) is 27.6 Å². The van der Waals surface area contributed by atoms with Gasteiger partial charge in [-0.3, -0.25) is 9.59 Å². The third-order valence-electron chi connectivity index (χ3n) is 2.38. The van der Waals surface area contributed by atoms with Crippen molar-refractivity contribution >= 4 is 59.4 Å². The molecule has 0 heterocycles. The molecular weight excluding hydrogens is 440 g/mol. The van der Waals surface area contributed by atoms with E-state index in [1.807, 2.05) is 27.7 Å². The van der Waals surface area contributed by atoms with Crippen molar-refractivity contribution in [3.05, 3.63) is 12.2 Å². The molecule has 5 heteroatoms. The summed E-state index contributed by atoms with van der Waals surface area (Å²) in [6.45, 7) is 11.2. The van der Waals surface area contributed by atoms with Gasteiger partial charge < -0.3 is 0 Å². The van der Waals surface area contributed by atoms with Gasteiger partial charge in [-0.25, -0.2) is 0 Å². The van der Waals surface area contributed by atoms with E-state index >= 15 is 0 Å². The Kier molecular flexibility index (Phi) is 14.1. The molecule has 0 bridgehead atoms. The van der Waals surface area contributed by atoms with Crippen LogP contribution >= 0.6 is 47.8 Å². The van der Waals surface area contributed by atoms with Gasteiger partial charge in [-0.2, -0.15) is 0 Å². The number of ketones is 2. The minimum absolute atomic E-state index is 0.0787. The Hall–Kier alpha value is 0.520. The van der Waals surface area contributed by atoms with Crippen molar-refractivity contribution in [1.82, 2.24) is 0 Å². The molecule has 19 heavy (non-hydrogen) atoms. The van der Waals surface area contributed by atoms with Crippen LogP contribution in [0.25, 0.3) is 0 Å². The lowest BCUT2D eigenvalue weighted by molar-refractivity contribution is -0.124. The minimum Gasteiger partial charge on any atom is -0.299 e. The Labute approximate surface area is 142 Å². The normalized spacial score (nSPS) is 10.4. The Bertz CT molecular complexity index is 295. The quantitative estimate of drug-likeness (QED) is 0.403. The molecule has 0 spiro atoms. The van der Waals surface area contributed by atoms with Crippen molar-refractivity contribution in [2.24, 2.45) is 17.8 Å². The lowest BCUT2D eigenvalue weighted by Crippen LogP contribution is -2.22. The van der Waals surface area contributed by atoms with Gasteiger partial charge >= 0.3 is 0 Å². The highest BCUT2D eigenvalue weighted by Crippen LogP contribution is 2.12. The molecule has 0 fully saturated rings. The zero-order valence-corrected chi connectivity index (χ0v) is 16.8. The van der Waals surface area contributed by atoms with Crippen LogP contribution in [0, 0.1) is 17.8 Å². The maximum absolute atomic E-state index is 11.2. The second-order valence-corrected chi connectivity index (χ2v) is 6.67. The summed E-state index contributed by atoms with van der Waals surface area (Å²) in [6.07, 6.45) is 0. The van der Waals surface area contributed by atoms with Gasteiger partial charge in [-0.15, -0.1) is 0 Å². The summed E-state index contributed by atoms with van der Waals surface area (Å²) < 4.78 is 0. The monoisotopic (exact) mass is 460 g/mol. The van der Waals surface area contributed by atoms with Crippen LogP contribution in [0.3, 0.4) is 0 Å². The molecule has 0 aromatic carbocycles. The van der Waals surface area contributed by atoms with Gasteiger partial charge in [0.25, 0.3) is 0 Å². The molecule has 0 aromatic heterocycles. The number of allylic oxidation sites excluding steroid dienone is 1. The number of hydrogen-bond donors (Lipinski definition) is 0. The van der Waals surface area contributed by atoms with Crippen LogP contribution in [0.5, 0.6) is 0 Å². The number of carbonyl (C=O) groups excluding carboxylic acids is 2. The first-order valence-corrected chi connectivity index (χ1v) is 9.52. The van der Waals surface area contributed by atoms with E-state index in [9.17, 15) is 9.59 Å². The highest BCUT2D eigenvalue weighted by molar-refractivity contribution is 9.10. The van der Waals surface area contributed by atoms with Gasteiger partial charge in [0, 0.05) is 33.7 Å². The summed E-state index contributed by atoms with van der Waals surface area (Å²) in [6, 6.07) is 0. The molecule has 0 saturated heterocycles. The smallest absolute Gasteiger partial charge is 0.161 e. The zero-order valence-electron chi connectivity index (χ0n) is 12.0. The molecule has 0 aliphatic carbocycles. The second-order valence-electron chi connectivity index (χ2n) is 4.82. The molecule has 0 atom stereocenters. The lowest BCUT2D eigenvalue weighted by Gasteiger charge is -2.11. The van der Waals surface area contributed by atoms with Crippen molar-refractivity contribution in [2.75, 3.05) is 16.0 Å². The Balaban J connectivity index is 0. The molecule has 2 nitrogen and oxygen atoms in total. The average molecular weight is 463 g/mol. The van der Waals surface area contributed by atoms with Crippen LogP contribution < -0.4 is 0 Å². The predicted molar refractivity (Wildman–Crippen MR) is 93.7 cm³/mol. The molecule has 0 saturated carbocycles. The molecule has 0 amide bonds. The standard InChI is InChI=1S/C7H12Br2O.C7H11BrO/c1-5(2)7(10)6(3-8)4-9;1-5(2)7(9)6(3)4-8/h5-6H,3-4H2,1-2H3;5H,3-4H2,1-2H3. The number of halogens is 3. The summed E-state index contributed by atoms with van der Waals surface area (Å²) in [5, 5.41) is 2.11. The Morgan fingerprint density at radius 2 is 1.37 bits per heavy atom. The molecule has 0 aliphatic rings. The molecule has 0 aliphatic heterocycles. The van der Waals surface area contributed by atoms with Crippen LogP contribution in [0.15, 0.2) is 12.2 Å². The molecule has 0 radical (unpaired) electrons. The van der Waals surface area contributed by atoms with Crippen LogP contribution in [0.4, 0.5) is 0 Å². The predicted octanol–water partition coefficient (Wildman–Crippen LogP) is 4.78. The van der Waals surface area contributed by atoms with Gasteiger partial charge in [0.1, 0.15) is 5.78 Å². The first-order chi connectivity index (χ1) is 8.72. The third kappa shape index (κ3) is 9.97. The van der Waals surface area contributed by atoms with E-state index in [1.165, 1.54) is 0 Å². The van der Waals surface area contributed by atoms with E-state index in [-0.39, 0.29) is 23.5 Å². The van der Waals surface area contributed by atoms with Gasteiger partial charge in [0.05, 0.1) is 0 Å². The van der Waals surface area contributed by atoms with Gasteiger partial charge in [0.2, 0.25) is 0 Å². The average Bonchev–Trinajstić information content (AvgIpc) is 2.38. The van der Waals surface area contributed by atoms with Crippen molar-refractivity contribution in [3.8, 4) is 0 Å². The van der Waals surface area contributed by atoms with E-state index in [0.717, 1.165) is 10.7 Å². The number of Topliss-reactive ketones (excluding diaryl/α,β-unsaturated/α-hetero) is 2. The topological polar surface area (TPSA) is 34.1 Å². The maximum Gasteiger partial charge on any atom is 0.161 e. The first-order valence-electron chi connectivity index (χ1n) is 6.16. The van der Waals surface area contributed by atoms with Crippen LogP contribution in [-0.2, 0) is 9.59 Å².